The van der Waals surface area contributed by atoms with Crippen LogP contribution in [0.5, 0.6) is 5.75 Å². The lowest BCUT2D eigenvalue weighted by molar-refractivity contribution is -0.138. The third-order valence-electron chi connectivity index (χ3n) is 1.98. The first-order chi connectivity index (χ1) is 7.00. The minimum atomic E-state index is -2.87. The summed E-state index contributed by atoms with van der Waals surface area (Å²) >= 11 is 0. The summed E-state index contributed by atoms with van der Waals surface area (Å²) in [5, 5.41) is 8.70. The van der Waals surface area contributed by atoms with E-state index < -0.39 is 18.5 Å². The number of benzene rings is 1. The van der Waals surface area contributed by atoms with E-state index in [9.17, 15) is 13.6 Å². The first-order valence-electron chi connectivity index (χ1n) is 4.28. The molecule has 0 heterocycles. The zero-order valence-electron chi connectivity index (χ0n) is 7.98. The summed E-state index contributed by atoms with van der Waals surface area (Å²) in [7, 11) is 0. The van der Waals surface area contributed by atoms with Crippen molar-refractivity contribution >= 4 is 5.97 Å². The number of aliphatic carboxylic acids is 1. The molecule has 5 heteroatoms. The smallest absolute Gasteiger partial charge is 0.387 e. The number of hydrogen-bond donors (Lipinski definition) is 1. The standard InChI is InChI=1S/C10H10F2O3/c1-6(9(13)14)7-2-4-8(5-3-7)15-10(11)12/h2-6,10H,1H3,(H,13,14). The zero-order chi connectivity index (χ0) is 11.4. The monoisotopic (exact) mass is 216 g/mol. The van der Waals surface area contributed by atoms with E-state index >= 15 is 0 Å². The molecule has 1 atom stereocenters. The van der Waals surface area contributed by atoms with Crippen molar-refractivity contribution in [3.05, 3.63) is 29.8 Å². The lowest BCUT2D eigenvalue weighted by atomic mass is 10.0. The normalized spacial score (nSPS) is 12.5. The molecule has 3 nitrogen and oxygen atoms in total. The summed E-state index contributed by atoms with van der Waals surface area (Å²) in [5.74, 6) is -1.60. The number of carboxylic acids is 1. The molecule has 1 aromatic rings. The van der Waals surface area contributed by atoms with E-state index in [-0.39, 0.29) is 5.75 Å². The summed E-state index contributed by atoms with van der Waals surface area (Å²) in [5.41, 5.74) is 0.545. The molecule has 1 unspecified atom stereocenters. The molecule has 15 heavy (non-hydrogen) atoms. The first kappa shape index (κ1) is 11.4. The SMILES string of the molecule is CC(C(=O)O)c1ccc(OC(F)F)cc1. The fourth-order valence-electron chi connectivity index (χ4n) is 1.08. The highest BCUT2D eigenvalue weighted by molar-refractivity contribution is 5.75. The van der Waals surface area contributed by atoms with E-state index in [0.29, 0.717) is 5.56 Å². The van der Waals surface area contributed by atoms with Crippen LogP contribution >= 0.6 is 0 Å². The Balaban J connectivity index is 2.76. The fraction of sp³-hybridized carbons (Fsp3) is 0.300. The number of ether oxygens (including phenoxy) is 1. The van der Waals surface area contributed by atoms with Crippen molar-refractivity contribution in [1.29, 1.82) is 0 Å². The molecule has 0 fully saturated rings. The van der Waals surface area contributed by atoms with Gasteiger partial charge in [-0.2, -0.15) is 8.78 Å². The maximum absolute atomic E-state index is 11.8. The van der Waals surface area contributed by atoms with Crippen molar-refractivity contribution < 1.29 is 23.4 Å². The van der Waals surface area contributed by atoms with Gasteiger partial charge in [-0.15, -0.1) is 0 Å². The van der Waals surface area contributed by atoms with Crippen molar-refractivity contribution in [3.63, 3.8) is 0 Å². The van der Waals surface area contributed by atoms with Crippen molar-refractivity contribution in [2.75, 3.05) is 0 Å². The molecule has 1 N–H and O–H groups in total. The Hall–Kier alpha value is -1.65. The molecule has 82 valence electrons. The van der Waals surface area contributed by atoms with Gasteiger partial charge in [0.2, 0.25) is 0 Å². The van der Waals surface area contributed by atoms with Crippen LogP contribution in [0.4, 0.5) is 8.78 Å². The van der Waals surface area contributed by atoms with Gasteiger partial charge in [0.05, 0.1) is 5.92 Å². The maximum Gasteiger partial charge on any atom is 0.387 e. The van der Waals surface area contributed by atoms with Crippen LogP contribution in [-0.4, -0.2) is 17.7 Å². The molecule has 0 aliphatic heterocycles. The summed E-state index contributed by atoms with van der Waals surface area (Å²) in [6, 6.07) is 5.55. The Morgan fingerprint density at radius 1 is 1.33 bits per heavy atom. The average Bonchev–Trinajstić information content (AvgIpc) is 2.17. The van der Waals surface area contributed by atoms with Crippen molar-refractivity contribution in [2.24, 2.45) is 0 Å². The van der Waals surface area contributed by atoms with Crippen molar-refractivity contribution in [2.45, 2.75) is 19.5 Å². The quantitative estimate of drug-likeness (QED) is 0.840. The summed E-state index contributed by atoms with van der Waals surface area (Å²) in [4.78, 5) is 10.6. The van der Waals surface area contributed by atoms with Gasteiger partial charge in [-0.25, -0.2) is 0 Å². The fourth-order valence-corrected chi connectivity index (χ4v) is 1.08. The van der Waals surface area contributed by atoms with Gasteiger partial charge in [-0.05, 0) is 24.6 Å². The number of alkyl halides is 2. The number of rotatable bonds is 4. The minimum Gasteiger partial charge on any atom is -0.481 e. The largest absolute Gasteiger partial charge is 0.481 e. The minimum absolute atomic E-state index is 0.0198. The third kappa shape index (κ3) is 3.19. The Bertz CT molecular complexity index is 335. The summed E-state index contributed by atoms with van der Waals surface area (Å²) in [6.07, 6.45) is 0. The Morgan fingerprint density at radius 3 is 2.27 bits per heavy atom. The topological polar surface area (TPSA) is 46.5 Å². The van der Waals surface area contributed by atoms with Gasteiger partial charge in [0.1, 0.15) is 5.75 Å². The van der Waals surface area contributed by atoms with Crippen LogP contribution in [0, 0.1) is 0 Å². The van der Waals surface area contributed by atoms with Crippen LogP contribution in [0.15, 0.2) is 24.3 Å². The van der Waals surface area contributed by atoms with Gasteiger partial charge in [-0.3, -0.25) is 4.79 Å². The van der Waals surface area contributed by atoms with Crippen LogP contribution < -0.4 is 4.74 Å². The average molecular weight is 216 g/mol. The van der Waals surface area contributed by atoms with E-state index in [2.05, 4.69) is 4.74 Å². The highest BCUT2D eigenvalue weighted by Gasteiger charge is 2.13. The molecule has 0 aromatic heterocycles. The van der Waals surface area contributed by atoms with Crippen LogP contribution in [0.2, 0.25) is 0 Å². The zero-order valence-corrected chi connectivity index (χ0v) is 7.98. The molecule has 0 saturated carbocycles. The van der Waals surface area contributed by atoms with E-state index in [1.54, 1.807) is 0 Å². The Morgan fingerprint density at radius 2 is 1.87 bits per heavy atom. The number of halogens is 2. The molecule has 0 aliphatic carbocycles. The van der Waals surface area contributed by atoms with Gasteiger partial charge in [-0.1, -0.05) is 12.1 Å². The molecule has 0 aliphatic rings. The molecule has 1 aromatic carbocycles. The van der Waals surface area contributed by atoms with E-state index in [1.807, 2.05) is 0 Å². The van der Waals surface area contributed by atoms with Gasteiger partial charge in [0, 0.05) is 0 Å². The van der Waals surface area contributed by atoms with Crippen LogP contribution in [0.1, 0.15) is 18.4 Å². The van der Waals surface area contributed by atoms with Crippen LogP contribution in [0.25, 0.3) is 0 Å². The predicted octanol–water partition coefficient (Wildman–Crippen LogP) is 2.48. The maximum atomic E-state index is 11.8. The van der Waals surface area contributed by atoms with Gasteiger partial charge in [0.25, 0.3) is 0 Å². The second-order valence-electron chi connectivity index (χ2n) is 3.01. The molecule has 0 radical (unpaired) electrons. The second-order valence-corrected chi connectivity index (χ2v) is 3.01. The highest BCUT2D eigenvalue weighted by atomic mass is 19.3. The molecule has 0 amide bonds. The van der Waals surface area contributed by atoms with Gasteiger partial charge < -0.3 is 9.84 Å². The summed E-state index contributed by atoms with van der Waals surface area (Å²) < 4.78 is 27.7. The number of hydrogen-bond acceptors (Lipinski definition) is 2. The molecule has 1 rings (SSSR count). The van der Waals surface area contributed by atoms with E-state index in [0.717, 1.165) is 0 Å². The van der Waals surface area contributed by atoms with E-state index in [4.69, 9.17) is 5.11 Å². The highest BCUT2D eigenvalue weighted by Crippen LogP contribution is 2.20. The first-order valence-corrected chi connectivity index (χ1v) is 4.28. The predicted molar refractivity (Wildman–Crippen MR) is 49.1 cm³/mol. The van der Waals surface area contributed by atoms with Gasteiger partial charge in [0.15, 0.2) is 0 Å². The third-order valence-corrected chi connectivity index (χ3v) is 1.98. The van der Waals surface area contributed by atoms with E-state index in [1.165, 1.54) is 31.2 Å². The van der Waals surface area contributed by atoms with Crippen LogP contribution in [0.3, 0.4) is 0 Å². The van der Waals surface area contributed by atoms with Gasteiger partial charge >= 0.3 is 12.6 Å². The molecular weight excluding hydrogens is 206 g/mol. The second kappa shape index (κ2) is 4.72. The molecule has 0 bridgehead atoms. The molecular formula is C10H10F2O3. The lowest BCUT2D eigenvalue weighted by Crippen LogP contribution is -2.07. The molecule has 0 spiro atoms. The molecule has 0 saturated heterocycles. The number of carbonyl (C=O) groups is 1. The Labute approximate surface area is 85.3 Å². The van der Waals surface area contributed by atoms with Crippen molar-refractivity contribution in [3.8, 4) is 5.75 Å². The van der Waals surface area contributed by atoms with Crippen molar-refractivity contribution in [1.82, 2.24) is 0 Å². The lowest BCUT2D eigenvalue weighted by Gasteiger charge is -2.08. The van der Waals surface area contributed by atoms with Crippen LogP contribution in [-0.2, 0) is 4.79 Å². The number of carboxylic acid groups (broad SMARTS) is 1. The summed E-state index contributed by atoms with van der Waals surface area (Å²) in [6.45, 7) is -1.35. The Kier molecular flexibility index (Phi) is 3.60.